The third-order valence-corrected chi connectivity index (χ3v) is 3.94. The standard InChI is InChI=1S/C13H21N3O3/c1-9(10-3-2-4-14-6-10)5-13(19)16-7-11(17)15-12(18)8-16/h9-10,14H,2-8H2,1H3,(H,15,17,18). The summed E-state index contributed by atoms with van der Waals surface area (Å²) in [5.41, 5.74) is 0. The van der Waals surface area contributed by atoms with E-state index in [-0.39, 0.29) is 24.9 Å². The topological polar surface area (TPSA) is 78.5 Å². The van der Waals surface area contributed by atoms with Gasteiger partial charge in [-0.1, -0.05) is 6.92 Å². The zero-order valence-electron chi connectivity index (χ0n) is 11.3. The summed E-state index contributed by atoms with van der Waals surface area (Å²) in [5, 5.41) is 5.54. The molecule has 0 saturated carbocycles. The van der Waals surface area contributed by atoms with Gasteiger partial charge in [0.05, 0.1) is 0 Å². The second-order valence-corrected chi connectivity index (χ2v) is 5.51. The van der Waals surface area contributed by atoms with E-state index in [4.69, 9.17) is 0 Å². The summed E-state index contributed by atoms with van der Waals surface area (Å²) in [6.07, 6.45) is 2.70. The van der Waals surface area contributed by atoms with Gasteiger partial charge in [-0.2, -0.15) is 0 Å². The van der Waals surface area contributed by atoms with E-state index in [0.717, 1.165) is 25.9 Å². The Bertz CT molecular complexity index is 361. The summed E-state index contributed by atoms with van der Waals surface area (Å²) in [6, 6.07) is 0. The highest BCUT2D eigenvalue weighted by atomic mass is 16.2. The van der Waals surface area contributed by atoms with Gasteiger partial charge in [-0.25, -0.2) is 0 Å². The van der Waals surface area contributed by atoms with Crippen LogP contribution < -0.4 is 10.6 Å². The first-order valence-corrected chi connectivity index (χ1v) is 6.87. The number of nitrogens with zero attached hydrogens (tertiary/aromatic N) is 1. The summed E-state index contributed by atoms with van der Waals surface area (Å²) in [4.78, 5) is 36.0. The maximum atomic E-state index is 12.1. The Morgan fingerprint density at radius 3 is 2.63 bits per heavy atom. The van der Waals surface area contributed by atoms with Crippen molar-refractivity contribution in [2.24, 2.45) is 11.8 Å². The van der Waals surface area contributed by atoms with Gasteiger partial charge in [-0.15, -0.1) is 0 Å². The maximum absolute atomic E-state index is 12.1. The Balaban J connectivity index is 1.85. The highest BCUT2D eigenvalue weighted by Crippen LogP contribution is 2.23. The number of piperazine rings is 1. The summed E-state index contributed by atoms with van der Waals surface area (Å²) < 4.78 is 0. The number of imide groups is 1. The first kappa shape index (κ1) is 14.0. The van der Waals surface area contributed by atoms with E-state index in [1.807, 2.05) is 0 Å². The molecule has 19 heavy (non-hydrogen) atoms. The molecule has 0 bridgehead atoms. The Labute approximate surface area is 112 Å². The Kier molecular flexibility index (Phi) is 4.52. The van der Waals surface area contributed by atoms with Gasteiger partial charge in [0, 0.05) is 6.42 Å². The molecule has 2 fully saturated rings. The SMILES string of the molecule is CC(CC(=O)N1CC(=O)NC(=O)C1)C1CCCNC1. The maximum Gasteiger partial charge on any atom is 0.246 e. The van der Waals surface area contributed by atoms with Crippen LogP contribution in [0.2, 0.25) is 0 Å². The molecule has 2 aliphatic heterocycles. The number of carbonyl (C=O) groups excluding carboxylic acids is 3. The summed E-state index contributed by atoms with van der Waals surface area (Å²) in [7, 11) is 0. The molecule has 0 spiro atoms. The molecular weight excluding hydrogens is 246 g/mol. The predicted molar refractivity (Wildman–Crippen MR) is 69.1 cm³/mol. The minimum Gasteiger partial charge on any atom is -0.324 e. The van der Waals surface area contributed by atoms with Crippen LogP contribution in [0.15, 0.2) is 0 Å². The molecule has 2 unspecified atom stereocenters. The van der Waals surface area contributed by atoms with E-state index in [1.165, 1.54) is 4.90 Å². The smallest absolute Gasteiger partial charge is 0.246 e. The number of piperidine rings is 1. The van der Waals surface area contributed by atoms with Crippen LogP contribution in [-0.4, -0.2) is 48.8 Å². The minimum absolute atomic E-state index is 0.000208. The highest BCUT2D eigenvalue weighted by Gasteiger charge is 2.29. The monoisotopic (exact) mass is 267 g/mol. The van der Waals surface area contributed by atoms with E-state index >= 15 is 0 Å². The fourth-order valence-electron chi connectivity index (χ4n) is 2.75. The minimum atomic E-state index is -0.392. The molecule has 2 N–H and O–H groups in total. The molecule has 106 valence electrons. The molecular formula is C13H21N3O3. The molecule has 6 heteroatoms. The van der Waals surface area contributed by atoms with Crippen molar-refractivity contribution in [3.63, 3.8) is 0 Å². The molecule has 2 heterocycles. The van der Waals surface area contributed by atoms with Crippen LogP contribution in [0.1, 0.15) is 26.2 Å². The molecule has 0 radical (unpaired) electrons. The van der Waals surface area contributed by atoms with E-state index in [9.17, 15) is 14.4 Å². The van der Waals surface area contributed by atoms with Gasteiger partial charge < -0.3 is 10.2 Å². The van der Waals surface area contributed by atoms with Crippen LogP contribution >= 0.6 is 0 Å². The van der Waals surface area contributed by atoms with Crippen LogP contribution in [0.3, 0.4) is 0 Å². The fraction of sp³-hybridized carbons (Fsp3) is 0.769. The lowest BCUT2D eigenvalue weighted by molar-refractivity contribution is -0.146. The lowest BCUT2D eigenvalue weighted by Gasteiger charge is -2.31. The molecule has 2 atom stereocenters. The number of carbonyl (C=O) groups is 3. The summed E-state index contributed by atoms with van der Waals surface area (Å²) in [6.45, 7) is 4.08. The molecule has 2 saturated heterocycles. The van der Waals surface area contributed by atoms with Gasteiger partial charge >= 0.3 is 0 Å². The van der Waals surface area contributed by atoms with Crippen LogP contribution in [0.5, 0.6) is 0 Å². The normalized spacial score (nSPS) is 25.9. The number of rotatable bonds is 3. The number of hydrogen-bond acceptors (Lipinski definition) is 4. The van der Waals surface area contributed by atoms with Crippen molar-refractivity contribution < 1.29 is 14.4 Å². The predicted octanol–water partition coefficient (Wildman–Crippen LogP) is -0.503. The second-order valence-electron chi connectivity index (χ2n) is 5.51. The summed E-state index contributed by atoms with van der Waals surface area (Å²) in [5.74, 6) is -0.0955. The van der Waals surface area contributed by atoms with Crippen molar-refractivity contribution in [3.05, 3.63) is 0 Å². The molecule has 0 aliphatic carbocycles. The molecule has 0 aromatic rings. The lowest BCUT2D eigenvalue weighted by Crippen LogP contribution is -2.53. The van der Waals surface area contributed by atoms with Gasteiger partial charge in [-0.3, -0.25) is 19.7 Å². The number of nitrogens with one attached hydrogen (secondary N) is 2. The molecule has 0 aromatic carbocycles. The average molecular weight is 267 g/mol. The van der Waals surface area contributed by atoms with Crippen LogP contribution in [0.25, 0.3) is 0 Å². The lowest BCUT2D eigenvalue weighted by atomic mass is 9.85. The van der Waals surface area contributed by atoms with Gasteiger partial charge in [-0.05, 0) is 37.8 Å². The fourth-order valence-corrected chi connectivity index (χ4v) is 2.75. The Morgan fingerprint density at radius 2 is 2.05 bits per heavy atom. The van der Waals surface area contributed by atoms with Gasteiger partial charge in [0.15, 0.2) is 0 Å². The third-order valence-electron chi connectivity index (χ3n) is 3.94. The third kappa shape index (κ3) is 3.76. The Hall–Kier alpha value is -1.43. The number of amides is 3. The molecule has 0 aromatic heterocycles. The molecule has 2 aliphatic rings. The van der Waals surface area contributed by atoms with Gasteiger partial charge in [0.2, 0.25) is 17.7 Å². The van der Waals surface area contributed by atoms with Crippen LogP contribution in [0, 0.1) is 11.8 Å². The molecule has 2 rings (SSSR count). The largest absolute Gasteiger partial charge is 0.324 e. The van der Waals surface area contributed by atoms with Crippen molar-refractivity contribution in [2.45, 2.75) is 26.2 Å². The quantitative estimate of drug-likeness (QED) is 0.676. The molecule has 3 amide bonds. The first-order chi connectivity index (χ1) is 9.06. The number of hydrogen-bond donors (Lipinski definition) is 2. The van der Waals surface area contributed by atoms with Crippen molar-refractivity contribution in [1.82, 2.24) is 15.5 Å². The molecule has 6 nitrogen and oxygen atoms in total. The first-order valence-electron chi connectivity index (χ1n) is 6.87. The van der Waals surface area contributed by atoms with E-state index in [0.29, 0.717) is 12.3 Å². The highest BCUT2D eigenvalue weighted by molar-refractivity contribution is 6.02. The van der Waals surface area contributed by atoms with Crippen LogP contribution in [0.4, 0.5) is 0 Å². The van der Waals surface area contributed by atoms with Crippen molar-refractivity contribution >= 4 is 17.7 Å². The van der Waals surface area contributed by atoms with Gasteiger partial charge in [0.25, 0.3) is 0 Å². The van der Waals surface area contributed by atoms with E-state index in [1.54, 1.807) is 0 Å². The van der Waals surface area contributed by atoms with Crippen molar-refractivity contribution in [2.75, 3.05) is 26.2 Å². The zero-order chi connectivity index (χ0) is 13.8. The van der Waals surface area contributed by atoms with Crippen molar-refractivity contribution in [1.29, 1.82) is 0 Å². The van der Waals surface area contributed by atoms with E-state index in [2.05, 4.69) is 17.6 Å². The van der Waals surface area contributed by atoms with E-state index < -0.39 is 11.8 Å². The summed E-state index contributed by atoms with van der Waals surface area (Å²) >= 11 is 0. The van der Waals surface area contributed by atoms with Crippen molar-refractivity contribution in [3.8, 4) is 0 Å². The second kappa shape index (κ2) is 6.14. The van der Waals surface area contributed by atoms with Crippen LogP contribution in [-0.2, 0) is 14.4 Å². The Morgan fingerprint density at radius 1 is 1.37 bits per heavy atom. The average Bonchev–Trinajstić information content (AvgIpc) is 2.38. The zero-order valence-corrected chi connectivity index (χ0v) is 11.3. The van der Waals surface area contributed by atoms with Gasteiger partial charge in [0.1, 0.15) is 13.1 Å².